The molecule has 0 fully saturated rings. The summed E-state index contributed by atoms with van der Waals surface area (Å²) in [7, 11) is 3.13. The first kappa shape index (κ1) is 18.3. The molecule has 0 spiro atoms. The van der Waals surface area contributed by atoms with Gasteiger partial charge in [-0.2, -0.15) is 0 Å². The predicted molar refractivity (Wildman–Crippen MR) is 97.7 cm³/mol. The van der Waals surface area contributed by atoms with Crippen LogP contribution in [0.3, 0.4) is 0 Å². The van der Waals surface area contributed by atoms with E-state index >= 15 is 0 Å². The van der Waals surface area contributed by atoms with Crippen LogP contribution in [0.25, 0.3) is 0 Å². The Kier molecular flexibility index (Phi) is 6.00. The molecule has 0 saturated heterocycles. The van der Waals surface area contributed by atoms with Crippen LogP contribution in [0.4, 0.5) is 11.4 Å². The molecule has 0 bridgehead atoms. The summed E-state index contributed by atoms with van der Waals surface area (Å²) in [6, 6.07) is 11.7. The molecule has 1 atom stereocenters. The summed E-state index contributed by atoms with van der Waals surface area (Å²) < 4.78 is 10.4. The molecule has 0 aliphatic rings. The second kappa shape index (κ2) is 8.19. The number of rotatable bonds is 7. The van der Waals surface area contributed by atoms with Gasteiger partial charge in [0.25, 0.3) is 0 Å². The van der Waals surface area contributed by atoms with Crippen molar-refractivity contribution in [3.8, 4) is 11.5 Å². The van der Waals surface area contributed by atoms with Gasteiger partial charge in [-0.1, -0.05) is 0 Å². The van der Waals surface area contributed by atoms with Gasteiger partial charge < -0.3 is 20.1 Å². The number of hydrogen-bond donors (Lipinski definition) is 2. The smallest absolute Gasteiger partial charge is 0.246 e. The summed E-state index contributed by atoms with van der Waals surface area (Å²) >= 11 is 0. The van der Waals surface area contributed by atoms with Crippen molar-refractivity contribution in [2.45, 2.75) is 19.9 Å². The highest BCUT2D eigenvalue weighted by atomic mass is 16.5. The Bertz CT molecular complexity index is 757. The van der Waals surface area contributed by atoms with Crippen molar-refractivity contribution in [1.82, 2.24) is 0 Å². The van der Waals surface area contributed by atoms with Crippen molar-refractivity contribution in [3.63, 3.8) is 0 Å². The van der Waals surface area contributed by atoms with E-state index in [1.54, 1.807) is 57.5 Å². The van der Waals surface area contributed by atoms with Crippen LogP contribution in [0.2, 0.25) is 0 Å². The predicted octanol–water partition coefficient (Wildman–Crippen LogP) is 3.35. The first-order valence-electron chi connectivity index (χ1n) is 7.85. The quantitative estimate of drug-likeness (QED) is 0.755. The van der Waals surface area contributed by atoms with E-state index in [1.807, 2.05) is 6.07 Å². The van der Waals surface area contributed by atoms with Gasteiger partial charge in [-0.25, -0.2) is 0 Å². The molecule has 2 aromatic carbocycles. The Morgan fingerprint density at radius 2 is 1.52 bits per heavy atom. The number of hydrogen-bond acceptors (Lipinski definition) is 5. The molecule has 132 valence electrons. The number of carbonyl (C=O) groups is 2. The highest BCUT2D eigenvalue weighted by Gasteiger charge is 2.14. The van der Waals surface area contributed by atoms with Crippen LogP contribution in [0, 0.1) is 0 Å². The first-order valence-corrected chi connectivity index (χ1v) is 7.85. The lowest BCUT2D eigenvalue weighted by Crippen LogP contribution is -2.31. The summed E-state index contributed by atoms with van der Waals surface area (Å²) in [5.41, 5.74) is 1.98. The van der Waals surface area contributed by atoms with Gasteiger partial charge in [0.1, 0.15) is 6.04 Å². The Balaban J connectivity index is 2.01. The molecule has 0 radical (unpaired) electrons. The summed E-state index contributed by atoms with van der Waals surface area (Å²) in [5.74, 6) is 1.00. The number of ether oxygens (including phenoxy) is 2. The van der Waals surface area contributed by atoms with E-state index < -0.39 is 6.04 Å². The molecule has 2 N–H and O–H groups in total. The van der Waals surface area contributed by atoms with Crippen molar-refractivity contribution in [2.75, 3.05) is 24.9 Å². The third kappa shape index (κ3) is 4.73. The van der Waals surface area contributed by atoms with Gasteiger partial charge in [0.2, 0.25) is 5.91 Å². The molecule has 1 amide bonds. The van der Waals surface area contributed by atoms with E-state index in [2.05, 4.69) is 10.6 Å². The standard InChI is InChI=1S/C19H22N2O4/c1-12(20-16-9-10-17(24-3)18(11-16)25-4)19(23)21-15-7-5-14(6-8-15)13(2)22/h5-12,20H,1-4H3,(H,21,23)/t12-/m1/s1. The van der Waals surface area contributed by atoms with E-state index in [-0.39, 0.29) is 11.7 Å². The van der Waals surface area contributed by atoms with Crippen LogP contribution in [-0.2, 0) is 4.79 Å². The van der Waals surface area contributed by atoms with Crippen molar-refractivity contribution in [1.29, 1.82) is 0 Å². The molecule has 25 heavy (non-hydrogen) atoms. The Morgan fingerprint density at radius 3 is 2.08 bits per heavy atom. The number of amides is 1. The highest BCUT2D eigenvalue weighted by Crippen LogP contribution is 2.30. The molecular formula is C19H22N2O4. The SMILES string of the molecule is COc1ccc(N[C@H](C)C(=O)Nc2ccc(C(C)=O)cc2)cc1OC. The number of benzene rings is 2. The van der Waals surface area contributed by atoms with Gasteiger partial charge in [-0.05, 0) is 50.2 Å². The van der Waals surface area contributed by atoms with Crippen LogP contribution >= 0.6 is 0 Å². The molecule has 6 nitrogen and oxygen atoms in total. The topological polar surface area (TPSA) is 76.7 Å². The number of methoxy groups -OCH3 is 2. The molecule has 2 rings (SSSR count). The van der Waals surface area contributed by atoms with E-state index in [0.717, 1.165) is 5.69 Å². The number of Topliss-reactive ketones (excluding diaryl/α,β-unsaturated/α-hetero) is 1. The third-order valence-corrected chi connectivity index (χ3v) is 3.72. The average Bonchev–Trinajstić information content (AvgIpc) is 2.61. The van der Waals surface area contributed by atoms with Crippen molar-refractivity contribution >= 4 is 23.1 Å². The first-order chi connectivity index (χ1) is 11.9. The summed E-state index contributed by atoms with van der Waals surface area (Å²) in [5, 5.41) is 5.93. The zero-order valence-corrected chi connectivity index (χ0v) is 14.8. The van der Waals surface area contributed by atoms with E-state index in [4.69, 9.17) is 9.47 Å². The summed E-state index contributed by atoms with van der Waals surface area (Å²) in [6.07, 6.45) is 0. The number of nitrogens with one attached hydrogen (secondary N) is 2. The number of carbonyl (C=O) groups excluding carboxylic acids is 2. The maximum absolute atomic E-state index is 12.3. The minimum absolute atomic E-state index is 0.0126. The lowest BCUT2D eigenvalue weighted by molar-refractivity contribution is -0.116. The number of anilines is 2. The monoisotopic (exact) mass is 342 g/mol. The fraction of sp³-hybridized carbons (Fsp3) is 0.263. The highest BCUT2D eigenvalue weighted by molar-refractivity contribution is 5.98. The van der Waals surface area contributed by atoms with Gasteiger partial charge in [0.15, 0.2) is 17.3 Å². The minimum Gasteiger partial charge on any atom is -0.493 e. The largest absolute Gasteiger partial charge is 0.493 e. The molecule has 0 unspecified atom stereocenters. The Hall–Kier alpha value is -3.02. The van der Waals surface area contributed by atoms with Gasteiger partial charge in [0, 0.05) is 23.0 Å². The molecule has 6 heteroatoms. The minimum atomic E-state index is -0.467. The molecule has 0 heterocycles. The molecule has 0 saturated carbocycles. The Morgan fingerprint density at radius 1 is 0.920 bits per heavy atom. The van der Waals surface area contributed by atoms with Crippen molar-refractivity contribution in [2.24, 2.45) is 0 Å². The van der Waals surface area contributed by atoms with E-state index in [1.165, 1.54) is 6.92 Å². The zero-order chi connectivity index (χ0) is 18.4. The summed E-state index contributed by atoms with van der Waals surface area (Å²) in [4.78, 5) is 23.6. The molecule has 0 aliphatic carbocycles. The van der Waals surface area contributed by atoms with Crippen LogP contribution < -0.4 is 20.1 Å². The van der Waals surface area contributed by atoms with Crippen LogP contribution in [0.5, 0.6) is 11.5 Å². The van der Waals surface area contributed by atoms with Gasteiger partial charge in [0.05, 0.1) is 14.2 Å². The van der Waals surface area contributed by atoms with Crippen molar-refractivity contribution in [3.05, 3.63) is 48.0 Å². The van der Waals surface area contributed by atoms with E-state index in [0.29, 0.717) is 22.7 Å². The lowest BCUT2D eigenvalue weighted by atomic mass is 10.1. The maximum Gasteiger partial charge on any atom is 0.246 e. The lowest BCUT2D eigenvalue weighted by Gasteiger charge is -2.17. The van der Waals surface area contributed by atoms with Gasteiger partial charge >= 0.3 is 0 Å². The molecule has 0 aliphatic heterocycles. The van der Waals surface area contributed by atoms with Crippen LogP contribution in [-0.4, -0.2) is 32.0 Å². The third-order valence-electron chi connectivity index (χ3n) is 3.72. The van der Waals surface area contributed by atoms with Gasteiger partial charge in [-0.3, -0.25) is 9.59 Å². The number of ketones is 1. The van der Waals surface area contributed by atoms with Crippen molar-refractivity contribution < 1.29 is 19.1 Å². The average molecular weight is 342 g/mol. The van der Waals surface area contributed by atoms with Crippen LogP contribution in [0.15, 0.2) is 42.5 Å². The molecular weight excluding hydrogens is 320 g/mol. The van der Waals surface area contributed by atoms with Gasteiger partial charge in [-0.15, -0.1) is 0 Å². The summed E-state index contributed by atoms with van der Waals surface area (Å²) in [6.45, 7) is 3.26. The second-order valence-corrected chi connectivity index (χ2v) is 5.56. The molecule has 0 aromatic heterocycles. The molecule has 2 aromatic rings. The normalized spacial score (nSPS) is 11.4. The zero-order valence-electron chi connectivity index (χ0n) is 14.8. The van der Waals surface area contributed by atoms with E-state index in [9.17, 15) is 9.59 Å². The Labute approximate surface area is 147 Å². The van der Waals surface area contributed by atoms with Crippen LogP contribution in [0.1, 0.15) is 24.2 Å². The second-order valence-electron chi connectivity index (χ2n) is 5.56. The fourth-order valence-corrected chi connectivity index (χ4v) is 2.28. The maximum atomic E-state index is 12.3. The fourth-order valence-electron chi connectivity index (χ4n) is 2.28.